The maximum Gasteiger partial charge on any atom is 0.150 e. The van der Waals surface area contributed by atoms with E-state index in [1.54, 1.807) is 0 Å². The van der Waals surface area contributed by atoms with Crippen molar-refractivity contribution in [3.63, 3.8) is 0 Å². The highest BCUT2D eigenvalue weighted by Crippen LogP contribution is 2.59. The van der Waals surface area contributed by atoms with Crippen LogP contribution in [0.25, 0.3) is 17.2 Å². The topological polar surface area (TPSA) is 20.3 Å². The summed E-state index contributed by atoms with van der Waals surface area (Å²) in [5.41, 5.74) is 14.1. The number of aryl methyl sites for hydroxylation is 2. The minimum atomic E-state index is -0.588. The highest BCUT2D eigenvalue weighted by atomic mass is 16.1. The first-order valence-corrected chi connectivity index (χ1v) is 15.0. The maximum atomic E-state index is 11.7. The van der Waals surface area contributed by atoms with Crippen molar-refractivity contribution in [1.82, 2.24) is 0 Å². The van der Waals surface area contributed by atoms with Crippen LogP contribution in [0.5, 0.6) is 0 Å². The summed E-state index contributed by atoms with van der Waals surface area (Å²) in [5.74, 6) is 0. The summed E-state index contributed by atoms with van der Waals surface area (Å²) in [4.78, 5) is 14.0. The van der Waals surface area contributed by atoms with Crippen molar-refractivity contribution in [2.24, 2.45) is 0 Å². The predicted molar refractivity (Wildman–Crippen MR) is 183 cm³/mol. The third kappa shape index (κ3) is 4.30. The molecular weight excluding hydrogens is 534 g/mol. The van der Waals surface area contributed by atoms with Crippen LogP contribution in [-0.2, 0) is 5.41 Å². The van der Waals surface area contributed by atoms with Crippen LogP contribution in [0.4, 0.5) is 17.1 Å². The predicted octanol–water partition coefficient (Wildman–Crippen LogP) is 10.6. The number of anilines is 3. The van der Waals surface area contributed by atoms with Crippen molar-refractivity contribution in [2.45, 2.75) is 19.3 Å². The average Bonchev–Trinajstić information content (AvgIpc) is 3.38. The zero-order valence-electron chi connectivity index (χ0n) is 25.0. The number of nitrogens with zero attached hydrogens (tertiary/aromatic N) is 1. The third-order valence-corrected chi connectivity index (χ3v) is 8.93. The van der Waals surface area contributed by atoms with Crippen molar-refractivity contribution in [1.29, 1.82) is 0 Å². The number of hydrogen-bond donors (Lipinski definition) is 0. The summed E-state index contributed by atoms with van der Waals surface area (Å²) < 4.78 is 0. The number of aldehydes is 1. The summed E-state index contributed by atoms with van der Waals surface area (Å²) in [7, 11) is 0. The summed E-state index contributed by atoms with van der Waals surface area (Å²) in [5, 5.41) is 0. The van der Waals surface area contributed by atoms with Crippen LogP contribution in [0.15, 0.2) is 146 Å². The van der Waals surface area contributed by atoms with Gasteiger partial charge in [-0.1, -0.05) is 133 Å². The Morgan fingerprint density at radius 1 is 0.568 bits per heavy atom. The fraction of sp³-hybridized carbons (Fsp3) is 0.0714. The van der Waals surface area contributed by atoms with Crippen molar-refractivity contribution in [2.75, 3.05) is 4.90 Å². The van der Waals surface area contributed by atoms with E-state index in [-0.39, 0.29) is 0 Å². The van der Waals surface area contributed by atoms with Gasteiger partial charge in [0.1, 0.15) is 6.29 Å². The molecule has 0 aliphatic heterocycles. The van der Waals surface area contributed by atoms with Crippen LogP contribution < -0.4 is 4.90 Å². The Hall–Kier alpha value is -5.47. The first-order valence-electron chi connectivity index (χ1n) is 15.0. The zero-order chi connectivity index (χ0) is 30.3. The van der Waals surface area contributed by atoms with Gasteiger partial charge in [-0.25, -0.2) is 0 Å². The smallest absolute Gasteiger partial charge is 0.150 e. The first-order chi connectivity index (χ1) is 21.5. The largest absolute Gasteiger partial charge is 0.310 e. The Bertz CT molecular complexity index is 1890. The Balaban J connectivity index is 1.58. The van der Waals surface area contributed by atoms with Crippen LogP contribution in [0.1, 0.15) is 49.3 Å². The molecule has 6 aromatic carbocycles. The first kappa shape index (κ1) is 27.4. The molecule has 1 aliphatic rings. The lowest BCUT2D eigenvalue weighted by molar-refractivity contribution is 0.112. The lowest BCUT2D eigenvalue weighted by Crippen LogP contribution is -2.28. The molecule has 212 valence electrons. The molecule has 1 unspecified atom stereocenters. The summed E-state index contributed by atoms with van der Waals surface area (Å²) in [6.07, 6.45) is 2.79. The highest BCUT2D eigenvalue weighted by molar-refractivity contribution is 5.97. The van der Waals surface area contributed by atoms with E-state index in [4.69, 9.17) is 0 Å². The Morgan fingerprint density at radius 3 is 1.64 bits per heavy atom. The van der Waals surface area contributed by atoms with Gasteiger partial charge in [0.25, 0.3) is 0 Å². The van der Waals surface area contributed by atoms with E-state index in [0.717, 1.165) is 34.5 Å². The quantitative estimate of drug-likeness (QED) is 0.179. The molecular formula is C42H33NO. The summed E-state index contributed by atoms with van der Waals surface area (Å²) in [6, 6.07) is 49.8. The number of benzene rings is 6. The second-order valence-corrected chi connectivity index (χ2v) is 11.6. The number of rotatable bonds is 7. The second-order valence-electron chi connectivity index (χ2n) is 11.6. The molecule has 7 rings (SSSR count). The molecule has 0 N–H and O–H groups in total. The summed E-state index contributed by atoms with van der Waals surface area (Å²) >= 11 is 0. The molecule has 1 atom stereocenters. The van der Waals surface area contributed by atoms with Gasteiger partial charge in [0.2, 0.25) is 0 Å². The molecule has 6 aromatic rings. The van der Waals surface area contributed by atoms with E-state index in [9.17, 15) is 4.79 Å². The molecule has 0 spiro atoms. The Morgan fingerprint density at radius 2 is 1.09 bits per heavy atom. The van der Waals surface area contributed by atoms with Crippen LogP contribution >= 0.6 is 0 Å². The molecule has 0 amide bonds. The number of carbonyl (C=O) groups is 1. The minimum Gasteiger partial charge on any atom is -0.310 e. The Labute approximate surface area is 259 Å². The normalized spacial score (nSPS) is 14.9. The van der Waals surface area contributed by atoms with Gasteiger partial charge in [-0.3, -0.25) is 4.79 Å². The molecule has 0 fully saturated rings. The maximum absolute atomic E-state index is 11.7. The van der Waals surface area contributed by atoms with E-state index in [1.807, 2.05) is 18.2 Å². The van der Waals surface area contributed by atoms with Crippen molar-refractivity contribution in [3.05, 3.63) is 191 Å². The van der Waals surface area contributed by atoms with Gasteiger partial charge in [0.15, 0.2) is 0 Å². The lowest BCUT2D eigenvalue weighted by atomic mass is 9.67. The van der Waals surface area contributed by atoms with Crippen LogP contribution in [-0.4, -0.2) is 6.29 Å². The second kappa shape index (κ2) is 11.0. The molecule has 2 heteroatoms. The fourth-order valence-corrected chi connectivity index (χ4v) is 6.78. The number of fused-ring (bicyclic) bond motifs is 3. The van der Waals surface area contributed by atoms with E-state index in [0.29, 0.717) is 5.56 Å². The van der Waals surface area contributed by atoms with E-state index >= 15 is 0 Å². The van der Waals surface area contributed by atoms with E-state index < -0.39 is 5.41 Å². The lowest BCUT2D eigenvalue weighted by Gasteiger charge is -2.34. The highest BCUT2D eigenvalue weighted by Gasteiger charge is 2.47. The van der Waals surface area contributed by atoms with Crippen molar-refractivity contribution in [3.8, 4) is 11.1 Å². The van der Waals surface area contributed by atoms with Gasteiger partial charge < -0.3 is 4.90 Å². The molecule has 2 nitrogen and oxygen atoms in total. The van der Waals surface area contributed by atoms with Gasteiger partial charge in [0, 0.05) is 22.5 Å². The third-order valence-electron chi connectivity index (χ3n) is 8.93. The fourth-order valence-electron chi connectivity index (χ4n) is 6.78. The van der Waals surface area contributed by atoms with Crippen LogP contribution in [0.2, 0.25) is 0 Å². The van der Waals surface area contributed by atoms with Gasteiger partial charge in [-0.05, 0) is 77.6 Å². The summed E-state index contributed by atoms with van der Waals surface area (Å²) in [6.45, 7) is 8.23. The molecule has 0 bridgehead atoms. The Kier molecular flexibility index (Phi) is 6.83. The molecule has 0 aromatic heterocycles. The molecule has 0 heterocycles. The zero-order valence-corrected chi connectivity index (χ0v) is 25.0. The molecule has 44 heavy (non-hydrogen) atoms. The SMILES string of the molecule is C=Cc1ccc(C2(c3ccc(C=O)cc3)c3ccccc3-c3c(N(c4ccc(C)cc4)c4ccc(C)cc4)cccc32)cc1. The number of carbonyl (C=O) groups excluding carboxylic acids is 1. The average molecular weight is 568 g/mol. The van der Waals surface area contributed by atoms with Crippen LogP contribution in [0, 0.1) is 13.8 Å². The van der Waals surface area contributed by atoms with Gasteiger partial charge in [0.05, 0.1) is 11.1 Å². The van der Waals surface area contributed by atoms with E-state index in [2.05, 4.69) is 153 Å². The minimum absolute atomic E-state index is 0.588. The monoisotopic (exact) mass is 567 g/mol. The molecule has 0 radical (unpaired) electrons. The van der Waals surface area contributed by atoms with Crippen LogP contribution in [0.3, 0.4) is 0 Å². The van der Waals surface area contributed by atoms with Gasteiger partial charge >= 0.3 is 0 Å². The van der Waals surface area contributed by atoms with Crippen molar-refractivity contribution >= 4 is 29.4 Å². The molecule has 0 saturated heterocycles. The molecule has 0 saturated carbocycles. The van der Waals surface area contributed by atoms with Gasteiger partial charge in [-0.15, -0.1) is 0 Å². The molecule has 1 aliphatic carbocycles. The van der Waals surface area contributed by atoms with Gasteiger partial charge in [-0.2, -0.15) is 0 Å². The van der Waals surface area contributed by atoms with Crippen molar-refractivity contribution < 1.29 is 4.79 Å². The standard InChI is InChI=1S/C42H33NO/c1-4-31-16-20-33(21-17-31)42(34-22-18-32(28-44)19-23-34)38-9-6-5-8-37(38)41-39(42)10-7-11-40(41)43(35-24-12-29(2)13-25-35)36-26-14-30(3)15-27-36/h4-28H,1H2,2-3H3. The number of hydrogen-bond acceptors (Lipinski definition) is 2. The van der Waals surface area contributed by atoms with E-state index in [1.165, 1.54) is 38.9 Å².